The normalized spacial score (nSPS) is 12.8. The van der Waals surface area contributed by atoms with Crippen molar-refractivity contribution in [3.8, 4) is 0 Å². The van der Waals surface area contributed by atoms with Gasteiger partial charge in [0.25, 0.3) is 5.91 Å². The van der Waals surface area contributed by atoms with Gasteiger partial charge in [0.05, 0.1) is 0 Å². The molecule has 4 heteroatoms. The average Bonchev–Trinajstić information content (AvgIpc) is 1.87. The zero-order chi connectivity index (χ0) is 8.15. The van der Waals surface area contributed by atoms with Crippen LogP contribution in [0.2, 0.25) is 0 Å². The minimum absolute atomic E-state index is 0.269. The number of nitrogens with one attached hydrogen (secondary N) is 1. The summed E-state index contributed by atoms with van der Waals surface area (Å²) in [6, 6.07) is 0. The number of carbonyl (C=O) groups is 1. The van der Waals surface area contributed by atoms with Crippen molar-refractivity contribution in [1.29, 1.82) is 0 Å². The Labute approximate surface area is 60.8 Å². The van der Waals surface area contributed by atoms with Crippen LogP contribution in [0.5, 0.6) is 0 Å². The molecule has 0 radical (unpaired) electrons. The molecule has 0 aliphatic carbocycles. The van der Waals surface area contributed by atoms with Crippen LogP contribution in [0.3, 0.4) is 0 Å². The zero-order valence-electron chi connectivity index (χ0n) is 6.59. The van der Waals surface area contributed by atoms with Crippen molar-refractivity contribution in [2.24, 2.45) is 0 Å². The Morgan fingerprint density at radius 3 is 2.50 bits per heavy atom. The molecule has 1 atom stereocenters. The molecule has 0 rings (SSSR count). The Bertz CT molecular complexity index is 114. The lowest BCUT2D eigenvalue weighted by Gasteiger charge is -2.14. The Balaban J connectivity index is 3.71. The van der Waals surface area contributed by atoms with Crippen molar-refractivity contribution in [3.63, 3.8) is 0 Å². The second kappa shape index (κ2) is 4.24. The van der Waals surface area contributed by atoms with Crippen molar-refractivity contribution in [1.82, 2.24) is 10.2 Å². The lowest BCUT2D eigenvalue weighted by Crippen LogP contribution is -2.39. The van der Waals surface area contributed by atoms with Crippen LogP contribution < -0.4 is 5.32 Å². The van der Waals surface area contributed by atoms with Crippen LogP contribution in [-0.4, -0.2) is 49.7 Å². The van der Waals surface area contributed by atoms with Crippen LogP contribution in [0, 0.1) is 0 Å². The summed E-state index contributed by atoms with van der Waals surface area (Å²) < 4.78 is 0. The van der Waals surface area contributed by atoms with Gasteiger partial charge >= 0.3 is 0 Å². The maximum Gasteiger partial charge on any atom is 0.252 e. The molecule has 60 valence electrons. The van der Waals surface area contributed by atoms with Crippen LogP contribution in [0.25, 0.3) is 0 Å². The smallest absolute Gasteiger partial charge is 0.252 e. The van der Waals surface area contributed by atoms with E-state index < -0.39 is 6.10 Å². The van der Waals surface area contributed by atoms with Crippen LogP contribution in [0.4, 0.5) is 0 Å². The fourth-order valence-corrected chi connectivity index (χ4v) is 0.579. The first kappa shape index (κ1) is 9.39. The summed E-state index contributed by atoms with van der Waals surface area (Å²) in [7, 11) is 4.91. The summed E-state index contributed by atoms with van der Waals surface area (Å²) >= 11 is 0. The van der Waals surface area contributed by atoms with E-state index >= 15 is 0 Å². The Hall–Kier alpha value is -0.610. The molecule has 1 amide bonds. The molecule has 2 N–H and O–H groups in total. The molecule has 0 saturated heterocycles. The van der Waals surface area contributed by atoms with Gasteiger partial charge in [-0.25, -0.2) is 0 Å². The molecular formula is C6H14N2O2. The topological polar surface area (TPSA) is 52.6 Å². The molecule has 0 aromatic rings. The highest BCUT2D eigenvalue weighted by molar-refractivity contribution is 5.80. The van der Waals surface area contributed by atoms with E-state index in [1.165, 1.54) is 4.90 Å². The Morgan fingerprint density at radius 2 is 2.20 bits per heavy atom. The van der Waals surface area contributed by atoms with E-state index in [1.807, 2.05) is 0 Å². The number of aliphatic hydroxyl groups excluding tert-OH is 1. The van der Waals surface area contributed by atoms with Gasteiger partial charge in [-0.1, -0.05) is 0 Å². The maximum absolute atomic E-state index is 10.9. The average molecular weight is 146 g/mol. The third kappa shape index (κ3) is 2.80. The van der Waals surface area contributed by atoms with Crippen molar-refractivity contribution in [2.45, 2.75) is 6.10 Å². The van der Waals surface area contributed by atoms with E-state index in [-0.39, 0.29) is 5.91 Å². The number of hydrogen-bond acceptors (Lipinski definition) is 3. The van der Waals surface area contributed by atoms with Crippen molar-refractivity contribution >= 4 is 5.91 Å². The highest BCUT2D eigenvalue weighted by atomic mass is 16.3. The standard InChI is InChI=1S/C6H14N2O2/c1-7-4-5(9)6(10)8(2)3/h5,7,9H,4H2,1-3H3. The summed E-state index contributed by atoms with van der Waals surface area (Å²) in [6.07, 6.45) is -0.917. The summed E-state index contributed by atoms with van der Waals surface area (Å²) in [5, 5.41) is 11.7. The lowest BCUT2D eigenvalue weighted by molar-refractivity contribution is -0.137. The van der Waals surface area contributed by atoms with Crippen molar-refractivity contribution in [3.05, 3.63) is 0 Å². The monoisotopic (exact) mass is 146 g/mol. The summed E-state index contributed by atoms with van der Waals surface area (Å²) in [6.45, 7) is 0.303. The molecular weight excluding hydrogens is 132 g/mol. The highest BCUT2D eigenvalue weighted by Crippen LogP contribution is 1.86. The van der Waals surface area contributed by atoms with Gasteiger partial charge in [0, 0.05) is 20.6 Å². The largest absolute Gasteiger partial charge is 0.382 e. The first-order valence-corrected chi connectivity index (χ1v) is 3.13. The number of aliphatic hydroxyl groups is 1. The lowest BCUT2D eigenvalue weighted by atomic mass is 10.3. The van der Waals surface area contributed by atoms with E-state index in [0.717, 1.165) is 0 Å². The molecule has 1 unspecified atom stereocenters. The number of carbonyl (C=O) groups excluding carboxylic acids is 1. The summed E-state index contributed by atoms with van der Waals surface area (Å²) in [4.78, 5) is 12.2. The predicted molar refractivity (Wildman–Crippen MR) is 38.6 cm³/mol. The number of likely N-dealkylation sites (N-methyl/N-ethyl adjacent to an activating group) is 2. The number of amides is 1. The third-order valence-electron chi connectivity index (χ3n) is 1.12. The molecule has 0 aromatic carbocycles. The minimum Gasteiger partial charge on any atom is -0.382 e. The van der Waals surface area contributed by atoms with Crippen LogP contribution >= 0.6 is 0 Å². The second-order valence-electron chi connectivity index (χ2n) is 2.31. The van der Waals surface area contributed by atoms with Crippen molar-refractivity contribution in [2.75, 3.05) is 27.7 Å². The molecule has 4 nitrogen and oxygen atoms in total. The van der Waals surface area contributed by atoms with E-state index in [9.17, 15) is 4.79 Å². The fourth-order valence-electron chi connectivity index (χ4n) is 0.579. The first-order chi connectivity index (χ1) is 4.59. The quantitative estimate of drug-likeness (QED) is 0.518. The molecule has 0 spiro atoms. The van der Waals surface area contributed by atoms with Crippen LogP contribution in [-0.2, 0) is 4.79 Å². The third-order valence-corrected chi connectivity index (χ3v) is 1.12. The van der Waals surface area contributed by atoms with Crippen molar-refractivity contribution < 1.29 is 9.90 Å². The summed E-state index contributed by atoms with van der Waals surface area (Å²) in [5.74, 6) is -0.269. The Morgan fingerprint density at radius 1 is 1.70 bits per heavy atom. The SMILES string of the molecule is CNCC(O)C(=O)N(C)C. The van der Waals surface area contributed by atoms with Crippen LogP contribution in [0.15, 0.2) is 0 Å². The molecule has 0 saturated carbocycles. The molecule has 0 fully saturated rings. The molecule has 0 aromatic heterocycles. The van der Waals surface area contributed by atoms with Crippen LogP contribution in [0.1, 0.15) is 0 Å². The van der Waals surface area contributed by atoms with Gasteiger partial charge in [-0.3, -0.25) is 4.79 Å². The van der Waals surface area contributed by atoms with E-state index in [1.54, 1.807) is 21.1 Å². The number of hydrogen-bond donors (Lipinski definition) is 2. The van der Waals surface area contributed by atoms with Gasteiger partial charge in [-0.15, -0.1) is 0 Å². The summed E-state index contributed by atoms with van der Waals surface area (Å²) in [5.41, 5.74) is 0. The number of rotatable bonds is 3. The van der Waals surface area contributed by atoms with E-state index in [4.69, 9.17) is 5.11 Å². The zero-order valence-corrected chi connectivity index (χ0v) is 6.59. The van der Waals surface area contributed by atoms with E-state index in [0.29, 0.717) is 6.54 Å². The molecule has 0 heterocycles. The minimum atomic E-state index is -0.917. The first-order valence-electron chi connectivity index (χ1n) is 3.13. The van der Waals surface area contributed by atoms with Gasteiger partial charge in [0.1, 0.15) is 6.10 Å². The molecule has 10 heavy (non-hydrogen) atoms. The van der Waals surface area contributed by atoms with Gasteiger partial charge in [-0.05, 0) is 7.05 Å². The number of nitrogens with zero attached hydrogens (tertiary/aromatic N) is 1. The molecule has 0 aliphatic rings. The molecule has 0 aliphatic heterocycles. The molecule has 0 bridgehead atoms. The second-order valence-corrected chi connectivity index (χ2v) is 2.31. The fraction of sp³-hybridized carbons (Fsp3) is 0.833. The Kier molecular flexibility index (Phi) is 3.99. The van der Waals surface area contributed by atoms with Gasteiger partial charge in [0.15, 0.2) is 0 Å². The van der Waals surface area contributed by atoms with Gasteiger partial charge in [0.2, 0.25) is 0 Å². The highest BCUT2D eigenvalue weighted by Gasteiger charge is 2.14. The van der Waals surface area contributed by atoms with Gasteiger partial charge < -0.3 is 15.3 Å². The maximum atomic E-state index is 10.9. The van der Waals surface area contributed by atoms with E-state index in [2.05, 4.69) is 5.32 Å². The predicted octanol–water partition coefficient (Wildman–Crippen LogP) is -1.35. The van der Waals surface area contributed by atoms with Gasteiger partial charge in [-0.2, -0.15) is 0 Å².